The van der Waals surface area contributed by atoms with Gasteiger partial charge in [0.1, 0.15) is 5.60 Å². The van der Waals surface area contributed by atoms with E-state index in [4.69, 9.17) is 9.47 Å². The molecule has 0 aromatic heterocycles. The second-order valence-corrected chi connectivity index (χ2v) is 8.75. The molecule has 3 rings (SSSR count). The summed E-state index contributed by atoms with van der Waals surface area (Å²) in [6.45, 7) is 8.86. The van der Waals surface area contributed by atoms with E-state index in [2.05, 4.69) is 6.58 Å². The third-order valence-electron chi connectivity index (χ3n) is 4.86. The molecule has 1 aromatic carbocycles. The number of benzene rings is 1. The van der Waals surface area contributed by atoms with Crippen molar-refractivity contribution < 1.29 is 17.9 Å². The van der Waals surface area contributed by atoms with E-state index in [1.807, 2.05) is 26.0 Å². The largest absolute Gasteiger partial charge is 0.371 e. The lowest BCUT2D eigenvalue weighted by Gasteiger charge is -2.41. The number of hydrogen-bond acceptors (Lipinski definition) is 4. The van der Waals surface area contributed by atoms with Gasteiger partial charge in [0.2, 0.25) is 10.0 Å². The number of sulfonamides is 1. The molecular formula is C18H25NO4S. The second kappa shape index (κ2) is 6.59. The summed E-state index contributed by atoms with van der Waals surface area (Å²) in [7, 11) is -3.61. The molecule has 0 radical (unpaired) electrons. The van der Waals surface area contributed by atoms with E-state index in [0.717, 1.165) is 18.4 Å². The summed E-state index contributed by atoms with van der Waals surface area (Å²) in [6.07, 6.45) is 3.03. The van der Waals surface area contributed by atoms with E-state index in [-0.39, 0.29) is 25.3 Å². The zero-order valence-corrected chi connectivity index (χ0v) is 15.1. The van der Waals surface area contributed by atoms with Crippen molar-refractivity contribution in [2.75, 3.05) is 19.7 Å². The molecule has 2 aliphatic heterocycles. The zero-order valence-electron chi connectivity index (χ0n) is 14.3. The van der Waals surface area contributed by atoms with Gasteiger partial charge in [-0.1, -0.05) is 23.8 Å². The van der Waals surface area contributed by atoms with Crippen molar-refractivity contribution in [1.29, 1.82) is 0 Å². The Morgan fingerprint density at radius 3 is 2.71 bits per heavy atom. The van der Waals surface area contributed by atoms with E-state index < -0.39 is 15.6 Å². The third kappa shape index (κ3) is 3.28. The molecule has 2 saturated heterocycles. The standard InChI is InChI=1S/C18H25NO4S/c1-4-15-12-19(13-18(3)17(23-15)6-5-11-22-18)24(20,21)16-9-7-14(2)8-10-16/h4,7-10,15,17H,1,5-6,11-13H2,2-3H3/t15-,17-,18+/m0/s1. The monoisotopic (exact) mass is 351 g/mol. The molecule has 0 N–H and O–H groups in total. The minimum Gasteiger partial charge on any atom is -0.371 e. The molecule has 0 aliphatic carbocycles. The van der Waals surface area contributed by atoms with Crippen molar-refractivity contribution >= 4 is 10.0 Å². The molecule has 0 amide bonds. The number of nitrogens with zero attached hydrogens (tertiary/aromatic N) is 1. The minimum atomic E-state index is -3.61. The first-order valence-corrected chi connectivity index (χ1v) is 9.78. The maximum atomic E-state index is 13.1. The first-order chi connectivity index (χ1) is 11.3. The van der Waals surface area contributed by atoms with Crippen LogP contribution in [0.15, 0.2) is 41.8 Å². The molecule has 6 heteroatoms. The van der Waals surface area contributed by atoms with Crippen LogP contribution in [0.25, 0.3) is 0 Å². The summed E-state index contributed by atoms with van der Waals surface area (Å²) >= 11 is 0. The van der Waals surface area contributed by atoms with E-state index in [0.29, 0.717) is 11.5 Å². The maximum Gasteiger partial charge on any atom is 0.243 e. The number of ether oxygens (including phenoxy) is 2. The first-order valence-electron chi connectivity index (χ1n) is 8.34. The average molecular weight is 351 g/mol. The lowest BCUT2D eigenvalue weighted by molar-refractivity contribution is -0.163. The quantitative estimate of drug-likeness (QED) is 0.785. The van der Waals surface area contributed by atoms with E-state index >= 15 is 0 Å². The summed E-state index contributed by atoms with van der Waals surface area (Å²) < 4.78 is 39.8. The number of fused-ring (bicyclic) bond motifs is 1. The van der Waals surface area contributed by atoms with Gasteiger partial charge in [-0.3, -0.25) is 0 Å². The van der Waals surface area contributed by atoms with Crippen LogP contribution in [0.1, 0.15) is 25.3 Å². The van der Waals surface area contributed by atoms with Crippen molar-refractivity contribution in [3.05, 3.63) is 42.5 Å². The predicted molar refractivity (Wildman–Crippen MR) is 92.4 cm³/mol. The van der Waals surface area contributed by atoms with Gasteiger partial charge in [0.15, 0.2) is 0 Å². The highest BCUT2D eigenvalue weighted by molar-refractivity contribution is 7.89. The van der Waals surface area contributed by atoms with Gasteiger partial charge in [-0.2, -0.15) is 4.31 Å². The highest BCUT2D eigenvalue weighted by atomic mass is 32.2. The Morgan fingerprint density at radius 1 is 1.33 bits per heavy atom. The fourth-order valence-corrected chi connectivity index (χ4v) is 4.92. The maximum absolute atomic E-state index is 13.1. The van der Waals surface area contributed by atoms with Crippen molar-refractivity contribution in [3.8, 4) is 0 Å². The number of hydrogen-bond donors (Lipinski definition) is 0. The highest BCUT2D eigenvalue weighted by Crippen LogP contribution is 2.34. The zero-order chi connectivity index (χ0) is 17.4. The van der Waals surface area contributed by atoms with Gasteiger partial charge >= 0.3 is 0 Å². The topological polar surface area (TPSA) is 55.8 Å². The number of aryl methyl sites for hydroxylation is 1. The summed E-state index contributed by atoms with van der Waals surface area (Å²) in [5.74, 6) is 0. The van der Waals surface area contributed by atoms with Crippen LogP contribution in [0.4, 0.5) is 0 Å². The summed E-state index contributed by atoms with van der Waals surface area (Å²) in [5.41, 5.74) is 0.396. The molecule has 2 aliphatic rings. The summed E-state index contributed by atoms with van der Waals surface area (Å²) in [6, 6.07) is 6.93. The van der Waals surface area contributed by atoms with Crippen LogP contribution in [-0.2, 0) is 19.5 Å². The highest BCUT2D eigenvalue weighted by Gasteiger charge is 2.46. The molecule has 2 heterocycles. The molecule has 24 heavy (non-hydrogen) atoms. The smallest absolute Gasteiger partial charge is 0.243 e. The molecule has 2 fully saturated rings. The molecule has 3 atom stereocenters. The fraction of sp³-hybridized carbons (Fsp3) is 0.556. The lowest BCUT2D eigenvalue weighted by Crippen LogP contribution is -2.53. The molecule has 0 unspecified atom stereocenters. The van der Waals surface area contributed by atoms with Crippen LogP contribution in [0, 0.1) is 6.92 Å². The molecule has 1 aromatic rings. The average Bonchev–Trinajstić information content (AvgIpc) is 2.71. The fourth-order valence-electron chi connectivity index (χ4n) is 3.37. The van der Waals surface area contributed by atoms with E-state index in [1.54, 1.807) is 18.2 Å². The van der Waals surface area contributed by atoms with Gasteiger partial charge in [-0.05, 0) is 38.8 Å². The Morgan fingerprint density at radius 2 is 2.04 bits per heavy atom. The van der Waals surface area contributed by atoms with Crippen molar-refractivity contribution in [2.24, 2.45) is 0 Å². The first kappa shape index (κ1) is 17.6. The van der Waals surface area contributed by atoms with Crippen LogP contribution in [0.2, 0.25) is 0 Å². The predicted octanol–water partition coefficient (Wildman–Crippen LogP) is 2.51. The Labute approximate surface area is 144 Å². The normalized spacial score (nSPS) is 31.9. The van der Waals surface area contributed by atoms with Crippen molar-refractivity contribution in [3.63, 3.8) is 0 Å². The Bertz CT molecular complexity index is 700. The molecule has 132 valence electrons. The van der Waals surface area contributed by atoms with Gasteiger partial charge in [0.05, 0.1) is 17.1 Å². The van der Waals surface area contributed by atoms with Gasteiger partial charge in [0.25, 0.3) is 0 Å². The van der Waals surface area contributed by atoms with E-state index in [1.165, 1.54) is 4.31 Å². The Balaban J connectivity index is 1.95. The van der Waals surface area contributed by atoms with Crippen LogP contribution in [0.3, 0.4) is 0 Å². The van der Waals surface area contributed by atoms with Gasteiger partial charge in [-0.15, -0.1) is 6.58 Å². The molecular weight excluding hydrogens is 326 g/mol. The van der Waals surface area contributed by atoms with Gasteiger partial charge < -0.3 is 9.47 Å². The van der Waals surface area contributed by atoms with E-state index in [9.17, 15) is 8.42 Å². The second-order valence-electron chi connectivity index (χ2n) is 6.81. The lowest BCUT2D eigenvalue weighted by atomic mass is 9.92. The third-order valence-corrected chi connectivity index (χ3v) is 6.68. The van der Waals surface area contributed by atoms with Gasteiger partial charge in [0, 0.05) is 19.7 Å². The van der Waals surface area contributed by atoms with Crippen molar-refractivity contribution in [2.45, 2.75) is 49.4 Å². The minimum absolute atomic E-state index is 0.118. The SMILES string of the molecule is C=C[C@H]1CN(S(=O)(=O)c2ccc(C)cc2)C[C@@]2(C)OCCC[C@@H]2O1. The Hall–Kier alpha value is -1.21. The van der Waals surface area contributed by atoms with Crippen LogP contribution in [0.5, 0.6) is 0 Å². The Kier molecular flexibility index (Phi) is 4.84. The number of rotatable bonds is 3. The molecule has 5 nitrogen and oxygen atoms in total. The molecule has 0 spiro atoms. The van der Waals surface area contributed by atoms with Crippen molar-refractivity contribution in [1.82, 2.24) is 4.31 Å². The summed E-state index contributed by atoms with van der Waals surface area (Å²) in [5, 5.41) is 0. The van der Waals surface area contributed by atoms with Gasteiger partial charge in [-0.25, -0.2) is 8.42 Å². The van der Waals surface area contributed by atoms with Crippen LogP contribution >= 0.6 is 0 Å². The molecule has 0 saturated carbocycles. The molecule has 0 bridgehead atoms. The van der Waals surface area contributed by atoms with Crippen LogP contribution < -0.4 is 0 Å². The summed E-state index contributed by atoms with van der Waals surface area (Å²) in [4.78, 5) is 0.300. The van der Waals surface area contributed by atoms with Crippen LogP contribution in [-0.4, -0.2) is 50.2 Å².